The van der Waals surface area contributed by atoms with Crippen LogP contribution < -0.4 is 5.32 Å². The number of benzene rings is 1. The van der Waals surface area contributed by atoms with Gasteiger partial charge in [-0.2, -0.15) is 0 Å². The van der Waals surface area contributed by atoms with Crippen LogP contribution in [0.25, 0.3) is 10.2 Å². The van der Waals surface area contributed by atoms with Crippen LogP contribution in [0.3, 0.4) is 0 Å². The molecule has 1 saturated carbocycles. The smallest absolute Gasteiger partial charge is 0.268 e. The summed E-state index contributed by atoms with van der Waals surface area (Å²) >= 11 is 1.70. The van der Waals surface area contributed by atoms with E-state index < -0.39 is 0 Å². The maximum atomic E-state index is 12.8. The third-order valence-electron chi connectivity index (χ3n) is 4.54. The second-order valence-electron chi connectivity index (χ2n) is 6.36. The first-order valence-electron chi connectivity index (χ1n) is 8.15. The zero-order valence-corrected chi connectivity index (χ0v) is 14.0. The van der Waals surface area contributed by atoms with E-state index in [2.05, 4.69) is 21.3 Å². The van der Waals surface area contributed by atoms with Crippen molar-refractivity contribution in [2.24, 2.45) is 5.92 Å². The van der Waals surface area contributed by atoms with Crippen LogP contribution >= 0.6 is 11.3 Å². The number of hydrogen-bond donors (Lipinski definition) is 1. The molecule has 3 nitrogen and oxygen atoms in total. The van der Waals surface area contributed by atoms with Gasteiger partial charge in [0.05, 0.1) is 16.3 Å². The molecule has 1 N–H and O–H groups in total. The summed E-state index contributed by atoms with van der Waals surface area (Å²) in [6.45, 7) is 2.99. The topological polar surface area (TPSA) is 34.0 Å². The number of thiophene rings is 1. The van der Waals surface area contributed by atoms with Crippen molar-refractivity contribution in [3.05, 3.63) is 59.1 Å². The van der Waals surface area contributed by atoms with Gasteiger partial charge >= 0.3 is 0 Å². The lowest BCUT2D eigenvalue weighted by atomic mass is 10.1. The molecule has 1 aromatic carbocycles. The maximum Gasteiger partial charge on any atom is 0.268 e. The summed E-state index contributed by atoms with van der Waals surface area (Å²) in [6.07, 6.45) is 2.57. The van der Waals surface area contributed by atoms with Gasteiger partial charge in [0.25, 0.3) is 5.91 Å². The third kappa shape index (κ3) is 2.91. The van der Waals surface area contributed by atoms with Gasteiger partial charge in [-0.3, -0.25) is 4.79 Å². The minimum atomic E-state index is 0.00557. The van der Waals surface area contributed by atoms with Crippen molar-refractivity contribution in [3.8, 4) is 0 Å². The summed E-state index contributed by atoms with van der Waals surface area (Å²) in [5.41, 5.74) is 3.11. The monoisotopic (exact) mass is 324 g/mol. The Morgan fingerprint density at radius 2 is 2.09 bits per heavy atom. The van der Waals surface area contributed by atoms with Crippen LogP contribution in [0.2, 0.25) is 0 Å². The van der Waals surface area contributed by atoms with Crippen molar-refractivity contribution in [2.75, 3.05) is 0 Å². The highest BCUT2D eigenvalue weighted by molar-refractivity contribution is 7.17. The van der Waals surface area contributed by atoms with Crippen molar-refractivity contribution >= 4 is 27.5 Å². The predicted octanol–water partition coefficient (Wildman–Crippen LogP) is 4.60. The number of nitrogens with zero attached hydrogens (tertiary/aromatic N) is 1. The van der Waals surface area contributed by atoms with Crippen LogP contribution in [0, 0.1) is 5.92 Å². The third-order valence-corrected chi connectivity index (χ3v) is 5.39. The SMILES string of the molecule is CC(NC(=O)c1cc2sccc2n1CC1CC1)c1ccccc1. The number of hydrogen-bond acceptors (Lipinski definition) is 2. The average Bonchev–Trinajstić information content (AvgIpc) is 3.15. The first-order chi connectivity index (χ1) is 11.2. The molecule has 0 spiro atoms. The minimum absolute atomic E-state index is 0.00557. The van der Waals surface area contributed by atoms with E-state index in [1.54, 1.807) is 11.3 Å². The van der Waals surface area contributed by atoms with Crippen molar-refractivity contribution in [3.63, 3.8) is 0 Å². The summed E-state index contributed by atoms with van der Waals surface area (Å²) in [4.78, 5) is 12.8. The lowest BCUT2D eigenvalue weighted by Crippen LogP contribution is -2.28. The van der Waals surface area contributed by atoms with Crippen LogP contribution in [-0.4, -0.2) is 10.5 Å². The Bertz CT molecular complexity index is 830. The fourth-order valence-corrected chi connectivity index (χ4v) is 3.84. The summed E-state index contributed by atoms with van der Waals surface area (Å²) < 4.78 is 3.40. The standard InChI is InChI=1S/C19H20N2OS/c1-13(15-5-3-2-4-6-15)20-19(22)17-11-18-16(9-10-23-18)21(17)12-14-7-8-14/h2-6,9-11,13-14H,7-8,12H2,1H3,(H,20,22). The number of rotatable bonds is 5. The average molecular weight is 324 g/mol. The molecule has 3 aromatic rings. The van der Waals surface area contributed by atoms with E-state index >= 15 is 0 Å². The number of amides is 1. The van der Waals surface area contributed by atoms with Crippen LogP contribution in [0.15, 0.2) is 47.8 Å². The zero-order valence-electron chi connectivity index (χ0n) is 13.2. The van der Waals surface area contributed by atoms with Gasteiger partial charge in [-0.25, -0.2) is 0 Å². The minimum Gasteiger partial charge on any atom is -0.344 e. The first-order valence-corrected chi connectivity index (χ1v) is 9.03. The Kier molecular flexibility index (Phi) is 3.69. The van der Waals surface area contributed by atoms with Gasteiger partial charge in [0.1, 0.15) is 5.69 Å². The van der Waals surface area contributed by atoms with Gasteiger partial charge in [-0.05, 0) is 48.8 Å². The van der Waals surface area contributed by atoms with Crippen LogP contribution in [0.5, 0.6) is 0 Å². The predicted molar refractivity (Wildman–Crippen MR) is 94.9 cm³/mol. The Balaban J connectivity index is 1.60. The van der Waals surface area contributed by atoms with E-state index in [1.807, 2.05) is 43.3 Å². The Morgan fingerprint density at radius 1 is 1.30 bits per heavy atom. The van der Waals surface area contributed by atoms with E-state index in [4.69, 9.17) is 0 Å². The fraction of sp³-hybridized carbons (Fsp3) is 0.316. The highest BCUT2D eigenvalue weighted by atomic mass is 32.1. The number of nitrogens with one attached hydrogen (secondary N) is 1. The second kappa shape index (κ2) is 5.85. The van der Waals surface area contributed by atoms with Crippen molar-refractivity contribution in [2.45, 2.75) is 32.4 Å². The molecule has 0 bridgehead atoms. The zero-order chi connectivity index (χ0) is 15.8. The fourth-order valence-electron chi connectivity index (χ4n) is 3.02. The van der Waals surface area contributed by atoms with Gasteiger partial charge in [0.2, 0.25) is 0 Å². The molecule has 4 heteroatoms. The molecule has 23 heavy (non-hydrogen) atoms. The number of aromatic nitrogens is 1. The molecule has 0 aliphatic heterocycles. The normalized spacial score (nSPS) is 15.7. The van der Waals surface area contributed by atoms with Crippen molar-refractivity contribution in [1.82, 2.24) is 9.88 Å². The molecule has 118 valence electrons. The van der Waals surface area contributed by atoms with Gasteiger partial charge in [-0.1, -0.05) is 30.3 Å². The molecule has 1 atom stereocenters. The maximum absolute atomic E-state index is 12.8. The molecule has 1 fully saturated rings. The van der Waals surface area contributed by atoms with Crippen LogP contribution in [-0.2, 0) is 6.54 Å². The van der Waals surface area contributed by atoms with E-state index in [-0.39, 0.29) is 11.9 Å². The Labute approximate surface area is 139 Å². The largest absolute Gasteiger partial charge is 0.344 e. The molecule has 2 aromatic heterocycles. The first kappa shape index (κ1) is 14.5. The Morgan fingerprint density at radius 3 is 2.83 bits per heavy atom. The molecule has 4 rings (SSSR count). The highest BCUT2D eigenvalue weighted by Gasteiger charge is 2.26. The summed E-state index contributed by atoms with van der Waals surface area (Å²) in [7, 11) is 0. The summed E-state index contributed by atoms with van der Waals surface area (Å²) in [6, 6.07) is 14.3. The van der Waals surface area contributed by atoms with E-state index in [0.717, 1.165) is 23.7 Å². The molecule has 0 saturated heterocycles. The molecule has 1 aliphatic carbocycles. The van der Waals surface area contributed by atoms with E-state index in [0.29, 0.717) is 0 Å². The number of fused-ring (bicyclic) bond motifs is 1. The highest BCUT2D eigenvalue weighted by Crippen LogP contribution is 2.34. The van der Waals surface area contributed by atoms with Crippen molar-refractivity contribution < 1.29 is 4.79 Å². The lowest BCUT2D eigenvalue weighted by Gasteiger charge is -2.16. The number of carbonyl (C=O) groups excluding carboxylic acids is 1. The van der Waals surface area contributed by atoms with Gasteiger partial charge in [-0.15, -0.1) is 11.3 Å². The Hall–Kier alpha value is -2.07. The number of carbonyl (C=O) groups is 1. The quantitative estimate of drug-likeness (QED) is 0.731. The molecule has 0 radical (unpaired) electrons. The van der Waals surface area contributed by atoms with E-state index in [9.17, 15) is 4.79 Å². The molecular weight excluding hydrogens is 304 g/mol. The van der Waals surface area contributed by atoms with Gasteiger partial charge in [0.15, 0.2) is 0 Å². The van der Waals surface area contributed by atoms with Gasteiger partial charge in [0, 0.05) is 6.54 Å². The summed E-state index contributed by atoms with van der Waals surface area (Å²) in [5.74, 6) is 0.758. The second-order valence-corrected chi connectivity index (χ2v) is 7.31. The van der Waals surface area contributed by atoms with Gasteiger partial charge < -0.3 is 9.88 Å². The van der Waals surface area contributed by atoms with Crippen LogP contribution in [0.1, 0.15) is 41.9 Å². The lowest BCUT2D eigenvalue weighted by molar-refractivity contribution is 0.0930. The molecular formula is C19H20N2OS. The van der Waals surface area contributed by atoms with Crippen LogP contribution in [0.4, 0.5) is 0 Å². The molecule has 2 heterocycles. The molecule has 1 amide bonds. The molecule has 1 unspecified atom stereocenters. The summed E-state index contributed by atoms with van der Waals surface area (Å²) in [5, 5.41) is 5.24. The van der Waals surface area contributed by atoms with Crippen molar-refractivity contribution in [1.29, 1.82) is 0 Å². The van der Waals surface area contributed by atoms with E-state index in [1.165, 1.54) is 23.1 Å². The molecule has 1 aliphatic rings.